The fourth-order valence-corrected chi connectivity index (χ4v) is 2.00. The minimum absolute atomic E-state index is 0.00403. The van der Waals surface area contributed by atoms with Gasteiger partial charge in [-0.15, -0.1) is 0 Å². The van der Waals surface area contributed by atoms with Crippen LogP contribution in [0, 0.1) is 6.92 Å². The second-order valence-electron chi connectivity index (χ2n) is 4.56. The highest BCUT2D eigenvalue weighted by molar-refractivity contribution is 7.85. The van der Waals surface area contributed by atoms with E-state index in [1.807, 2.05) is 0 Å². The molecule has 1 atom stereocenters. The normalized spacial score (nSPS) is 15.8. The van der Waals surface area contributed by atoms with Gasteiger partial charge in [-0.2, -0.15) is 43.9 Å². The topological polar surface area (TPSA) is 29.4 Å². The first kappa shape index (κ1) is 20.5. The van der Waals surface area contributed by atoms with Gasteiger partial charge in [-0.3, -0.25) is 0 Å². The highest BCUT2D eigenvalue weighted by Crippen LogP contribution is 2.54. The van der Waals surface area contributed by atoms with Crippen molar-refractivity contribution in [2.75, 3.05) is 0 Å². The number of hydrogen-bond donors (Lipinski definition) is 0. The fraction of sp³-hybridized carbons (Fsp3) is 0.417. The van der Waals surface area contributed by atoms with Crippen molar-refractivity contribution in [1.29, 1.82) is 0 Å². The Morgan fingerprint density at radius 3 is 1.75 bits per heavy atom. The molecule has 0 saturated carbocycles. The first-order valence-electron chi connectivity index (χ1n) is 5.87. The van der Waals surface area contributed by atoms with Gasteiger partial charge in [0.05, 0.1) is 0 Å². The average Bonchev–Trinajstić information content (AvgIpc) is 2.44. The maximum absolute atomic E-state index is 13.2. The summed E-state index contributed by atoms with van der Waals surface area (Å²) >= 11 is 0. The Kier molecular flexibility index (Phi) is 5.43. The molecular formula is C12H8F9NOS. The predicted molar refractivity (Wildman–Crippen MR) is 67.8 cm³/mol. The number of hydrogen-bond acceptors (Lipinski definition) is 1. The zero-order valence-corrected chi connectivity index (χ0v) is 12.4. The molecule has 0 bridgehead atoms. The summed E-state index contributed by atoms with van der Waals surface area (Å²) in [5.41, 5.74) is 0.714. The molecule has 12 heteroatoms. The van der Waals surface area contributed by atoms with Gasteiger partial charge in [0.1, 0.15) is 0 Å². The lowest BCUT2D eigenvalue weighted by Gasteiger charge is -2.31. The molecule has 136 valence electrons. The van der Waals surface area contributed by atoms with E-state index in [4.69, 9.17) is 0 Å². The van der Waals surface area contributed by atoms with Crippen molar-refractivity contribution in [2.24, 2.45) is 4.40 Å². The molecule has 0 spiro atoms. The molecule has 0 aliphatic heterocycles. The van der Waals surface area contributed by atoms with E-state index in [-0.39, 0.29) is 5.56 Å². The summed E-state index contributed by atoms with van der Waals surface area (Å²) in [6, 6.07) is 5.37. The molecule has 0 aliphatic rings. The average molecular weight is 385 g/mol. The first-order chi connectivity index (χ1) is 10.6. The smallest absolute Gasteiger partial charge is 0.228 e. The van der Waals surface area contributed by atoms with Crippen LogP contribution in [0.15, 0.2) is 28.7 Å². The number of nitrogens with zero attached hydrogens (tertiary/aromatic N) is 1. The largest absolute Gasteiger partial charge is 0.460 e. The van der Waals surface area contributed by atoms with Crippen molar-refractivity contribution in [3.8, 4) is 0 Å². The van der Waals surface area contributed by atoms with Crippen LogP contribution in [0.25, 0.3) is 0 Å². The van der Waals surface area contributed by atoms with E-state index in [9.17, 15) is 43.7 Å². The number of halogens is 9. The third kappa shape index (κ3) is 3.57. The van der Waals surface area contributed by atoms with Gasteiger partial charge in [-0.05, 0) is 12.5 Å². The molecule has 1 rings (SSSR count). The van der Waals surface area contributed by atoms with Crippen molar-refractivity contribution in [2.45, 2.75) is 30.2 Å². The van der Waals surface area contributed by atoms with E-state index < -0.39 is 34.3 Å². The van der Waals surface area contributed by atoms with E-state index in [0.717, 1.165) is 5.56 Å². The summed E-state index contributed by atoms with van der Waals surface area (Å²) in [6.07, 6.45) is -6.57. The van der Waals surface area contributed by atoms with Crippen molar-refractivity contribution >= 4 is 17.2 Å². The van der Waals surface area contributed by atoms with Crippen LogP contribution >= 0.6 is 0 Å². The molecule has 0 fully saturated rings. The Balaban J connectivity index is 3.13. The Hall–Kier alpha value is -1.59. The quantitative estimate of drug-likeness (QED) is 0.542. The van der Waals surface area contributed by atoms with Crippen molar-refractivity contribution in [3.63, 3.8) is 0 Å². The van der Waals surface area contributed by atoms with E-state index in [1.54, 1.807) is 6.92 Å². The molecule has 0 N–H and O–H groups in total. The van der Waals surface area contributed by atoms with Crippen LogP contribution in [0.1, 0.15) is 11.1 Å². The Bertz CT molecular complexity index is 637. The lowest BCUT2D eigenvalue weighted by atomic mass is 10.1. The van der Waals surface area contributed by atoms with Crippen LogP contribution in [0.5, 0.6) is 0 Å². The second-order valence-corrected chi connectivity index (χ2v) is 5.78. The van der Waals surface area contributed by atoms with Gasteiger partial charge in [0.25, 0.3) is 0 Å². The van der Waals surface area contributed by atoms with Crippen molar-refractivity contribution in [3.05, 3.63) is 35.4 Å². The highest BCUT2D eigenvalue weighted by atomic mass is 32.2. The minimum Gasteiger partial charge on any atom is -0.228 e. The molecule has 1 aromatic rings. The molecule has 2 nitrogen and oxygen atoms in total. The summed E-state index contributed by atoms with van der Waals surface area (Å²) < 4.78 is 127. The summed E-state index contributed by atoms with van der Waals surface area (Å²) in [5.74, 6) is -14.1. The highest BCUT2D eigenvalue weighted by Gasteiger charge is 2.83. The molecule has 24 heavy (non-hydrogen) atoms. The maximum atomic E-state index is 13.2. The van der Waals surface area contributed by atoms with Crippen molar-refractivity contribution < 1.29 is 43.7 Å². The molecule has 0 aromatic heterocycles. The third-order valence-corrected chi connectivity index (χ3v) is 3.70. The summed E-state index contributed by atoms with van der Waals surface area (Å²) in [6.45, 7) is 1.65. The van der Waals surface area contributed by atoms with E-state index in [1.165, 1.54) is 24.3 Å². The van der Waals surface area contributed by atoms with Gasteiger partial charge in [0.15, 0.2) is 0 Å². The number of alkyl halides is 9. The molecule has 0 aliphatic carbocycles. The fourth-order valence-electron chi connectivity index (χ4n) is 1.30. The zero-order chi connectivity index (χ0) is 19.0. The van der Waals surface area contributed by atoms with Crippen LogP contribution in [0.2, 0.25) is 0 Å². The summed E-state index contributed by atoms with van der Waals surface area (Å²) in [7, 11) is -4.38. The van der Waals surface area contributed by atoms with Crippen molar-refractivity contribution in [1.82, 2.24) is 0 Å². The van der Waals surface area contributed by atoms with Crippen LogP contribution in [-0.4, -0.2) is 33.7 Å². The van der Waals surface area contributed by atoms with Gasteiger partial charge in [-0.1, -0.05) is 29.8 Å². The first-order valence-corrected chi connectivity index (χ1v) is 6.98. The van der Waals surface area contributed by atoms with Gasteiger partial charge in [-0.25, -0.2) is 4.21 Å². The van der Waals surface area contributed by atoms with Gasteiger partial charge < -0.3 is 0 Å². The van der Waals surface area contributed by atoms with E-state index >= 15 is 0 Å². The van der Waals surface area contributed by atoms with Gasteiger partial charge in [0.2, 0.25) is 11.0 Å². The Morgan fingerprint density at radius 1 is 0.875 bits per heavy atom. The predicted octanol–water partition coefficient (Wildman–Crippen LogP) is 4.50. The van der Waals surface area contributed by atoms with Gasteiger partial charge in [0, 0.05) is 6.21 Å². The van der Waals surface area contributed by atoms with Gasteiger partial charge >= 0.3 is 23.3 Å². The van der Waals surface area contributed by atoms with Crippen LogP contribution in [0.3, 0.4) is 0 Å². The number of benzene rings is 1. The Morgan fingerprint density at radius 2 is 1.33 bits per heavy atom. The molecule has 0 amide bonds. The lowest BCUT2D eigenvalue weighted by molar-refractivity contribution is -0.381. The molecule has 1 aromatic carbocycles. The summed E-state index contributed by atoms with van der Waals surface area (Å²) in [5, 5.41) is -6.26. The zero-order valence-electron chi connectivity index (χ0n) is 11.6. The maximum Gasteiger partial charge on any atom is 0.460 e. The molecule has 0 unspecified atom stereocenters. The number of aryl methyl sites for hydroxylation is 1. The number of rotatable bonds is 5. The van der Waals surface area contributed by atoms with Crippen LogP contribution < -0.4 is 0 Å². The second kappa shape index (κ2) is 6.37. The van der Waals surface area contributed by atoms with E-state index in [0.29, 0.717) is 6.21 Å². The summed E-state index contributed by atoms with van der Waals surface area (Å²) in [4.78, 5) is 0. The molecule has 0 saturated heterocycles. The SMILES string of the molecule is Cc1ccc(C=N[S@@](=O)C(F)(F)C(F)(F)C(F)(F)C(F)(F)F)cc1. The van der Waals surface area contributed by atoms with Crippen LogP contribution in [-0.2, 0) is 11.0 Å². The third-order valence-electron chi connectivity index (χ3n) is 2.71. The van der Waals surface area contributed by atoms with Crippen LogP contribution in [0.4, 0.5) is 39.5 Å². The Labute approximate surface area is 132 Å². The standard InChI is InChI=1S/C12H8F9NOS/c1-7-2-4-8(5-3-7)6-22-24(23)12(20,21)10(15,16)9(13,14)11(17,18)19/h2-6H,1H3/t24-/m0/s1. The minimum atomic E-state index is -7.10. The molecule has 0 radical (unpaired) electrons. The molecule has 0 heterocycles. The lowest BCUT2D eigenvalue weighted by Crippen LogP contribution is -2.61. The van der Waals surface area contributed by atoms with E-state index in [2.05, 4.69) is 4.40 Å². The molecular weight excluding hydrogens is 377 g/mol. The monoisotopic (exact) mass is 385 g/mol.